The van der Waals surface area contributed by atoms with Crippen molar-refractivity contribution in [1.82, 2.24) is 14.8 Å². The summed E-state index contributed by atoms with van der Waals surface area (Å²) < 4.78 is 28.7. The number of rotatable bonds is 7. The lowest BCUT2D eigenvalue weighted by atomic mass is 10.2. The molecule has 0 fully saturated rings. The van der Waals surface area contributed by atoms with Crippen LogP contribution >= 0.6 is 0 Å². The van der Waals surface area contributed by atoms with Crippen molar-refractivity contribution >= 4 is 21.5 Å². The van der Waals surface area contributed by atoms with Gasteiger partial charge in [-0.3, -0.25) is 9.40 Å². The van der Waals surface area contributed by atoms with E-state index in [0.717, 1.165) is 11.1 Å². The minimum atomic E-state index is -3.47. The molecule has 0 unspecified atom stereocenters. The zero-order valence-electron chi connectivity index (χ0n) is 13.8. The highest BCUT2D eigenvalue weighted by atomic mass is 32.2. The van der Waals surface area contributed by atoms with Crippen molar-refractivity contribution in [2.75, 3.05) is 10.0 Å². The fraction of sp³-hybridized carbons (Fsp3) is 0.176. The van der Waals surface area contributed by atoms with Gasteiger partial charge in [0.2, 0.25) is 10.0 Å². The zero-order chi connectivity index (χ0) is 17.7. The molecule has 0 saturated carbocycles. The normalized spacial score (nSPS) is 11.2. The molecule has 2 heterocycles. The van der Waals surface area contributed by atoms with Crippen molar-refractivity contribution in [3.63, 3.8) is 0 Å². The molecule has 2 N–H and O–H groups in total. The van der Waals surface area contributed by atoms with E-state index in [-0.39, 0.29) is 5.75 Å². The van der Waals surface area contributed by atoms with Crippen LogP contribution in [0.3, 0.4) is 0 Å². The van der Waals surface area contributed by atoms with E-state index in [1.54, 1.807) is 35.1 Å². The molecular weight excluding hydrogens is 338 g/mol. The summed E-state index contributed by atoms with van der Waals surface area (Å²) in [6.45, 7) is 0.597. The highest BCUT2D eigenvalue weighted by molar-refractivity contribution is 7.91. The number of sulfonamides is 1. The predicted octanol–water partition coefficient (Wildman–Crippen LogP) is 2.37. The SMILES string of the molecule is Cn1cc(CNc2ccc(NS(=O)(=O)Cc3ccccc3)cn2)cn1. The van der Waals surface area contributed by atoms with E-state index in [1.807, 2.05) is 31.4 Å². The Morgan fingerprint density at radius 1 is 1.04 bits per heavy atom. The first-order valence-corrected chi connectivity index (χ1v) is 9.37. The van der Waals surface area contributed by atoms with E-state index in [2.05, 4.69) is 20.1 Å². The van der Waals surface area contributed by atoms with Crippen molar-refractivity contribution in [2.45, 2.75) is 12.3 Å². The van der Waals surface area contributed by atoms with E-state index in [1.165, 1.54) is 6.20 Å². The smallest absolute Gasteiger partial charge is 0.236 e. The number of anilines is 2. The van der Waals surface area contributed by atoms with Gasteiger partial charge in [0, 0.05) is 25.4 Å². The Morgan fingerprint density at radius 2 is 1.84 bits per heavy atom. The Kier molecular flexibility index (Phi) is 4.99. The van der Waals surface area contributed by atoms with Crippen molar-refractivity contribution in [3.8, 4) is 0 Å². The third kappa shape index (κ3) is 5.05. The van der Waals surface area contributed by atoms with Gasteiger partial charge < -0.3 is 5.32 Å². The Labute approximate surface area is 146 Å². The molecule has 7 nitrogen and oxygen atoms in total. The molecule has 1 aromatic carbocycles. The molecule has 3 rings (SSSR count). The molecule has 0 saturated heterocycles. The second kappa shape index (κ2) is 7.35. The molecule has 3 aromatic rings. The maximum Gasteiger partial charge on any atom is 0.236 e. The maximum atomic E-state index is 12.2. The number of nitrogens with one attached hydrogen (secondary N) is 2. The van der Waals surface area contributed by atoms with Gasteiger partial charge in [-0.05, 0) is 17.7 Å². The third-order valence-corrected chi connectivity index (χ3v) is 4.73. The molecule has 0 radical (unpaired) electrons. The van der Waals surface area contributed by atoms with Gasteiger partial charge in [0.1, 0.15) is 5.82 Å². The van der Waals surface area contributed by atoms with Gasteiger partial charge in [0.15, 0.2) is 0 Å². The summed E-state index contributed by atoms with van der Waals surface area (Å²) in [7, 11) is -1.62. The largest absolute Gasteiger partial charge is 0.366 e. The summed E-state index contributed by atoms with van der Waals surface area (Å²) in [6, 6.07) is 12.5. The third-order valence-electron chi connectivity index (χ3n) is 3.47. The lowest BCUT2D eigenvalue weighted by molar-refractivity contribution is 0.600. The molecule has 0 bridgehead atoms. The molecular formula is C17H19N5O2S. The summed E-state index contributed by atoms with van der Waals surface area (Å²) in [4.78, 5) is 4.23. The average molecular weight is 357 g/mol. The highest BCUT2D eigenvalue weighted by Gasteiger charge is 2.11. The summed E-state index contributed by atoms with van der Waals surface area (Å²) in [5.74, 6) is 0.587. The van der Waals surface area contributed by atoms with E-state index in [0.29, 0.717) is 18.1 Å². The molecule has 130 valence electrons. The molecule has 0 spiro atoms. The molecule has 0 atom stereocenters. The average Bonchev–Trinajstić information content (AvgIpc) is 3.00. The van der Waals surface area contributed by atoms with Crippen LogP contribution in [0.25, 0.3) is 0 Å². The Morgan fingerprint density at radius 3 is 2.48 bits per heavy atom. The van der Waals surface area contributed by atoms with Crippen LogP contribution in [0.1, 0.15) is 11.1 Å². The van der Waals surface area contributed by atoms with E-state index >= 15 is 0 Å². The van der Waals surface area contributed by atoms with Crippen LogP contribution in [0.2, 0.25) is 0 Å². The molecule has 2 aromatic heterocycles. The lowest BCUT2D eigenvalue weighted by Gasteiger charge is -2.09. The molecule has 0 aliphatic heterocycles. The van der Waals surface area contributed by atoms with Gasteiger partial charge in [-0.1, -0.05) is 30.3 Å². The molecule has 0 aliphatic rings. The van der Waals surface area contributed by atoms with E-state index in [4.69, 9.17) is 0 Å². The first kappa shape index (κ1) is 17.0. The standard InChI is InChI=1S/C17H19N5O2S/c1-22-12-15(10-20-22)9-18-17-8-7-16(11-19-17)21-25(23,24)13-14-5-3-2-4-6-14/h2-8,10-12,21H,9,13H2,1H3,(H,18,19). The second-order valence-electron chi connectivity index (χ2n) is 5.65. The quantitative estimate of drug-likeness (QED) is 0.678. The molecule has 0 aliphatic carbocycles. The highest BCUT2D eigenvalue weighted by Crippen LogP contribution is 2.14. The summed E-state index contributed by atoms with van der Waals surface area (Å²) in [6.07, 6.45) is 5.19. The fourth-order valence-electron chi connectivity index (χ4n) is 2.32. The molecule has 8 heteroatoms. The number of pyridine rings is 1. The zero-order valence-corrected chi connectivity index (χ0v) is 14.6. The lowest BCUT2D eigenvalue weighted by Crippen LogP contribution is -2.15. The van der Waals surface area contributed by atoms with Crippen LogP contribution in [-0.2, 0) is 29.4 Å². The van der Waals surface area contributed by atoms with Crippen LogP contribution < -0.4 is 10.0 Å². The van der Waals surface area contributed by atoms with Gasteiger partial charge >= 0.3 is 0 Å². The molecule has 25 heavy (non-hydrogen) atoms. The monoisotopic (exact) mass is 357 g/mol. The Bertz CT molecular complexity index is 921. The van der Waals surface area contributed by atoms with Gasteiger partial charge in [-0.15, -0.1) is 0 Å². The van der Waals surface area contributed by atoms with Crippen molar-refractivity contribution in [2.24, 2.45) is 7.05 Å². The Balaban J connectivity index is 1.58. The van der Waals surface area contributed by atoms with E-state index in [9.17, 15) is 8.42 Å². The van der Waals surface area contributed by atoms with Crippen LogP contribution in [0.4, 0.5) is 11.5 Å². The number of hydrogen-bond acceptors (Lipinski definition) is 5. The van der Waals surface area contributed by atoms with Crippen LogP contribution in [0.15, 0.2) is 61.1 Å². The molecule has 0 amide bonds. The minimum absolute atomic E-state index is 0.0746. The summed E-state index contributed by atoms with van der Waals surface area (Å²) in [5.41, 5.74) is 2.21. The summed E-state index contributed by atoms with van der Waals surface area (Å²) >= 11 is 0. The van der Waals surface area contributed by atoms with Gasteiger partial charge in [0.25, 0.3) is 0 Å². The van der Waals surface area contributed by atoms with Crippen LogP contribution in [0.5, 0.6) is 0 Å². The van der Waals surface area contributed by atoms with Gasteiger partial charge in [0.05, 0.1) is 23.8 Å². The minimum Gasteiger partial charge on any atom is -0.366 e. The van der Waals surface area contributed by atoms with Crippen molar-refractivity contribution in [3.05, 3.63) is 72.2 Å². The number of aryl methyl sites for hydroxylation is 1. The van der Waals surface area contributed by atoms with Crippen molar-refractivity contribution in [1.29, 1.82) is 0 Å². The Hall–Kier alpha value is -2.87. The number of nitrogens with zero attached hydrogens (tertiary/aromatic N) is 3. The van der Waals surface area contributed by atoms with Gasteiger partial charge in [-0.2, -0.15) is 5.10 Å². The maximum absolute atomic E-state index is 12.2. The summed E-state index contributed by atoms with van der Waals surface area (Å²) in [5, 5.41) is 7.26. The van der Waals surface area contributed by atoms with Gasteiger partial charge in [-0.25, -0.2) is 13.4 Å². The second-order valence-corrected chi connectivity index (χ2v) is 7.38. The first-order chi connectivity index (χ1) is 12.0. The predicted molar refractivity (Wildman–Crippen MR) is 97.5 cm³/mol. The van der Waals surface area contributed by atoms with Crippen LogP contribution in [0, 0.1) is 0 Å². The number of hydrogen-bond donors (Lipinski definition) is 2. The van der Waals surface area contributed by atoms with Crippen molar-refractivity contribution < 1.29 is 8.42 Å². The topological polar surface area (TPSA) is 88.9 Å². The van der Waals surface area contributed by atoms with E-state index < -0.39 is 10.0 Å². The number of aromatic nitrogens is 3. The fourth-order valence-corrected chi connectivity index (χ4v) is 3.51. The number of benzene rings is 1. The first-order valence-electron chi connectivity index (χ1n) is 7.72. The van der Waals surface area contributed by atoms with Crippen LogP contribution in [-0.4, -0.2) is 23.2 Å².